The Morgan fingerprint density at radius 2 is 1.43 bits per heavy atom. The third kappa shape index (κ3) is 5.40. The summed E-state index contributed by atoms with van der Waals surface area (Å²) in [4.78, 5) is 0.485. The molecule has 9 heteroatoms. The van der Waals surface area contributed by atoms with Crippen molar-refractivity contribution >= 4 is 27.8 Å². The van der Waals surface area contributed by atoms with Gasteiger partial charge < -0.3 is 17.3 Å². The molecule has 0 amide bonds. The summed E-state index contributed by atoms with van der Waals surface area (Å²) in [6.45, 7) is 7.38. The molecule has 0 aliphatic heterocycles. The molecular weight excluding hydrogens is 344 g/mol. The third-order valence-corrected chi connectivity index (χ3v) is 5.40. The molecule has 1 aromatic heterocycles. The smallest absolute Gasteiger partial charge is 0.418 e. The van der Waals surface area contributed by atoms with Crippen molar-refractivity contribution < 1.29 is 30.4 Å². The minimum Gasteiger partial charge on any atom is -0.418 e. The molecule has 0 nitrogen and oxygen atoms in total. The van der Waals surface area contributed by atoms with Gasteiger partial charge >= 0.3 is 12.8 Å². The first-order chi connectivity index (χ1) is 10.1. The fourth-order valence-electron chi connectivity index (χ4n) is 2.10. The van der Waals surface area contributed by atoms with Gasteiger partial charge in [0.25, 0.3) is 0 Å². The first kappa shape index (κ1) is 19.8. The number of fused-ring (bicyclic) bond motifs is 1. The number of halogens is 7. The van der Waals surface area contributed by atoms with Crippen molar-refractivity contribution in [3.05, 3.63) is 34.7 Å². The molecule has 0 saturated carbocycles. The molecule has 2 rings (SSSR count). The van der Waals surface area contributed by atoms with Crippen molar-refractivity contribution in [3.63, 3.8) is 0 Å². The number of hydrogen-bond donors (Lipinski definition) is 0. The largest absolute Gasteiger partial charge is 0.673 e. The lowest BCUT2D eigenvalue weighted by Crippen LogP contribution is -2.12. The highest BCUT2D eigenvalue weighted by molar-refractivity contribution is 7.38. The topological polar surface area (TPSA) is 0 Å². The molecule has 23 heavy (non-hydrogen) atoms. The zero-order valence-corrected chi connectivity index (χ0v) is 13.8. The summed E-state index contributed by atoms with van der Waals surface area (Å²) >= 11 is 0. The van der Waals surface area contributed by atoms with E-state index in [1.807, 2.05) is 33.8 Å². The van der Waals surface area contributed by atoms with Gasteiger partial charge in [-0.05, 0) is 18.6 Å². The van der Waals surface area contributed by atoms with Gasteiger partial charge in [0.15, 0.2) is 9.58 Å². The second-order valence-corrected chi connectivity index (χ2v) is 7.95. The maximum atomic E-state index is 13.3. The first-order valence-corrected chi connectivity index (χ1v) is 7.85. The lowest BCUT2D eigenvalue weighted by molar-refractivity contribution is -0.0869. The number of rotatable bonds is 0. The van der Waals surface area contributed by atoms with E-state index in [9.17, 15) is 30.4 Å². The normalized spacial score (nSPS) is 13.8. The highest BCUT2D eigenvalue weighted by Gasteiger charge is 2.50. The van der Waals surface area contributed by atoms with Gasteiger partial charge in [0.2, 0.25) is 0 Å². The summed E-state index contributed by atoms with van der Waals surface area (Å²) < 4.78 is 79.4. The average Bonchev–Trinajstić information content (AvgIpc) is 2.66. The molecule has 0 N–H and O–H groups in total. The van der Waals surface area contributed by atoms with Gasteiger partial charge in [0.05, 0.1) is 10.5 Å². The Morgan fingerprint density at radius 3 is 1.83 bits per heavy atom. The van der Waals surface area contributed by atoms with Crippen molar-refractivity contribution in [1.82, 2.24) is 0 Å². The van der Waals surface area contributed by atoms with Crippen LogP contribution in [0.15, 0.2) is 24.3 Å². The molecule has 0 bridgehead atoms. The Kier molecular flexibility index (Phi) is 5.45. The molecule has 0 aliphatic carbocycles. The Morgan fingerprint density at radius 1 is 0.957 bits per heavy atom. The first-order valence-electron chi connectivity index (χ1n) is 6.62. The number of thiophene rings is 1. The maximum absolute atomic E-state index is 13.3. The van der Waals surface area contributed by atoms with Gasteiger partial charge in [-0.1, -0.05) is 32.9 Å². The molecule has 0 radical (unpaired) electrons. The van der Waals surface area contributed by atoms with Crippen LogP contribution in [0.25, 0.3) is 10.1 Å². The Balaban J connectivity index is 0.000000463. The zero-order valence-electron chi connectivity index (χ0n) is 12.9. The number of aryl methyl sites for hydroxylation is 1. The fraction of sp³-hybridized carbons (Fsp3) is 0.429. The minimum atomic E-state index is -6.00. The molecule has 0 fully saturated rings. The fourth-order valence-corrected chi connectivity index (χ4v) is 4.34. The second-order valence-electron chi connectivity index (χ2n) is 5.99. The number of alkyl halides is 3. The van der Waals surface area contributed by atoms with Crippen molar-refractivity contribution in [2.45, 2.75) is 38.6 Å². The van der Waals surface area contributed by atoms with E-state index in [1.165, 1.54) is 0 Å². The van der Waals surface area contributed by atoms with Crippen LogP contribution in [-0.2, 0) is 10.9 Å². The molecule has 1 heterocycles. The van der Waals surface area contributed by atoms with Crippen LogP contribution in [0.5, 0.6) is 0 Å². The summed E-state index contributed by atoms with van der Waals surface area (Å²) in [6, 6.07) is 6.91. The van der Waals surface area contributed by atoms with Gasteiger partial charge in [0.1, 0.15) is 0 Å². The summed E-state index contributed by atoms with van der Waals surface area (Å²) in [5.74, 6) is 0. The van der Waals surface area contributed by atoms with E-state index in [2.05, 4.69) is 0 Å². The van der Waals surface area contributed by atoms with Crippen LogP contribution in [0.3, 0.4) is 0 Å². The number of benzene rings is 1. The molecule has 0 spiro atoms. The molecule has 1 unspecified atom stereocenters. The zero-order chi connectivity index (χ0) is 18.2. The van der Waals surface area contributed by atoms with Gasteiger partial charge in [-0.3, -0.25) is 0 Å². The highest BCUT2D eigenvalue weighted by atomic mass is 32.2. The summed E-state index contributed by atoms with van der Waals surface area (Å²) in [6.07, 6.45) is 0. The molecule has 2 aromatic rings. The predicted molar refractivity (Wildman–Crippen MR) is 81.3 cm³/mol. The van der Waals surface area contributed by atoms with Crippen LogP contribution in [-0.4, -0.2) is 7.25 Å². The van der Waals surface area contributed by atoms with Gasteiger partial charge in [-0.15, -0.1) is 13.2 Å². The van der Waals surface area contributed by atoms with E-state index in [-0.39, 0.29) is 0 Å². The highest BCUT2D eigenvalue weighted by Crippen LogP contribution is 2.54. The van der Waals surface area contributed by atoms with Crippen LogP contribution in [0, 0.1) is 6.92 Å². The van der Waals surface area contributed by atoms with Crippen molar-refractivity contribution in [3.8, 4) is 0 Å². The summed E-state index contributed by atoms with van der Waals surface area (Å²) in [5.41, 5.74) is -3.75. The standard InChI is InChI=1S/C14H16F3S.BF4/c1-9-6-5-7-11-10(9)8-12(13(2,3)4)18(11)14(15,16)17;2-1(3,4)5/h5-8H,1-4H3;/q+1;-1. The van der Waals surface area contributed by atoms with Gasteiger partial charge in [-0.2, -0.15) is 0 Å². The van der Waals surface area contributed by atoms with Crippen LogP contribution in [0.2, 0.25) is 0 Å². The predicted octanol–water partition coefficient (Wildman–Crippen LogP) is 6.97. The minimum absolute atomic E-state index is 0.424. The molecule has 130 valence electrons. The molecule has 1 atom stereocenters. The van der Waals surface area contributed by atoms with E-state index < -0.39 is 28.6 Å². The van der Waals surface area contributed by atoms with E-state index in [4.69, 9.17) is 0 Å². The second kappa shape index (κ2) is 6.34. The van der Waals surface area contributed by atoms with Crippen molar-refractivity contribution in [2.75, 3.05) is 0 Å². The van der Waals surface area contributed by atoms with E-state index in [1.54, 1.807) is 18.2 Å². The van der Waals surface area contributed by atoms with Crippen LogP contribution < -0.4 is 0 Å². The quantitative estimate of drug-likeness (QED) is 0.270. The van der Waals surface area contributed by atoms with Gasteiger partial charge in [0, 0.05) is 16.9 Å². The van der Waals surface area contributed by atoms with E-state index >= 15 is 0 Å². The third-order valence-electron chi connectivity index (χ3n) is 2.97. The van der Waals surface area contributed by atoms with Gasteiger partial charge in [-0.25, -0.2) is 0 Å². The van der Waals surface area contributed by atoms with Crippen LogP contribution in [0.4, 0.5) is 30.4 Å². The average molecular weight is 360 g/mol. The molecule has 0 saturated heterocycles. The van der Waals surface area contributed by atoms with E-state index in [0.717, 1.165) is 10.9 Å². The summed E-state index contributed by atoms with van der Waals surface area (Å²) in [7, 11) is -7.78. The molecular formula is C14H16BF7S. The lowest BCUT2D eigenvalue weighted by Gasteiger charge is -2.13. The monoisotopic (exact) mass is 360 g/mol. The lowest BCUT2D eigenvalue weighted by atomic mass is 9.94. The van der Waals surface area contributed by atoms with E-state index in [0.29, 0.717) is 9.58 Å². The number of hydrogen-bond acceptors (Lipinski definition) is 0. The van der Waals surface area contributed by atoms with Crippen LogP contribution >= 0.6 is 10.5 Å². The Hall–Kier alpha value is -1.25. The SMILES string of the molecule is Cc1cccc2c1cc(C(C)(C)C)[s+]2C(F)(F)F.F[B-](F)(F)F. The van der Waals surface area contributed by atoms with Crippen molar-refractivity contribution in [2.24, 2.45) is 0 Å². The molecule has 0 aliphatic rings. The Labute approximate surface area is 132 Å². The maximum Gasteiger partial charge on any atom is 0.673 e. The Bertz CT molecular complexity index is 671. The van der Waals surface area contributed by atoms with Crippen molar-refractivity contribution in [1.29, 1.82) is 0 Å². The summed E-state index contributed by atoms with van der Waals surface area (Å²) in [5, 5.41) is 0.753. The molecule has 1 aromatic carbocycles. The van der Waals surface area contributed by atoms with Crippen LogP contribution in [0.1, 0.15) is 31.2 Å².